The standard InChI is InChI=1S/C18H30N2O2/c1-13(2)18(22)16-10-15(11-19-12-16)9-14(3)17(21)7-6-8-20(4)5/h6-7,10,13-15,19H,8-9,11-12H2,1-5H3/b7-6+. The fourth-order valence-electron chi connectivity index (χ4n) is 2.60. The number of rotatable bonds is 8. The lowest BCUT2D eigenvalue weighted by molar-refractivity contribution is -0.118. The van der Waals surface area contributed by atoms with E-state index in [1.54, 1.807) is 6.08 Å². The molecule has 0 saturated heterocycles. The maximum atomic E-state index is 12.1. The first-order valence-corrected chi connectivity index (χ1v) is 8.12. The van der Waals surface area contributed by atoms with Gasteiger partial charge in [0, 0.05) is 37.0 Å². The van der Waals surface area contributed by atoms with E-state index in [9.17, 15) is 9.59 Å². The summed E-state index contributed by atoms with van der Waals surface area (Å²) < 4.78 is 0. The van der Waals surface area contributed by atoms with E-state index >= 15 is 0 Å². The van der Waals surface area contributed by atoms with Gasteiger partial charge < -0.3 is 10.2 Å². The Morgan fingerprint density at radius 1 is 1.36 bits per heavy atom. The minimum atomic E-state index is -0.0186. The van der Waals surface area contributed by atoms with E-state index < -0.39 is 0 Å². The molecule has 0 amide bonds. The molecule has 0 saturated carbocycles. The highest BCUT2D eigenvalue weighted by Gasteiger charge is 2.22. The molecule has 0 aromatic rings. The van der Waals surface area contributed by atoms with Crippen LogP contribution in [0.2, 0.25) is 0 Å². The molecule has 0 aromatic carbocycles. The van der Waals surface area contributed by atoms with Crippen LogP contribution in [0.4, 0.5) is 0 Å². The molecule has 0 fully saturated rings. The Bertz CT molecular complexity index is 450. The van der Waals surface area contributed by atoms with Crippen molar-refractivity contribution in [3.05, 3.63) is 23.8 Å². The topological polar surface area (TPSA) is 49.4 Å². The molecule has 1 aliphatic rings. The van der Waals surface area contributed by atoms with Crippen molar-refractivity contribution >= 4 is 11.6 Å². The molecule has 0 radical (unpaired) electrons. The molecule has 1 N–H and O–H groups in total. The average molecular weight is 306 g/mol. The van der Waals surface area contributed by atoms with Crippen molar-refractivity contribution in [3.63, 3.8) is 0 Å². The lowest BCUT2D eigenvalue weighted by Crippen LogP contribution is -2.34. The largest absolute Gasteiger partial charge is 0.312 e. The Hall–Kier alpha value is -1.26. The third kappa shape index (κ3) is 6.24. The molecule has 0 aromatic heterocycles. The van der Waals surface area contributed by atoms with Crippen LogP contribution in [-0.2, 0) is 9.59 Å². The van der Waals surface area contributed by atoms with E-state index in [0.29, 0.717) is 6.54 Å². The van der Waals surface area contributed by atoms with Gasteiger partial charge in [-0.2, -0.15) is 0 Å². The van der Waals surface area contributed by atoms with Crippen molar-refractivity contribution < 1.29 is 9.59 Å². The van der Waals surface area contributed by atoms with Gasteiger partial charge in [0.2, 0.25) is 0 Å². The summed E-state index contributed by atoms with van der Waals surface area (Å²) in [7, 11) is 3.95. The number of nitrogens with zero attached hydrogens (tertiary/aromatic N) is 1. The molecular weight excluding hydrogens is 276 g/mol. The van der Waals surface area contributed by atoms with Gasteiger partial charge >= 0.3 is 0 Å². The second-order valence-electron chi connectivity index (χ2n) is 6.81. The first-order chi connectivity index (χ1) is 10.3. The number of hydrogen-bond donors (Lipinski definition) is 1. The molecule has 4 nitrogen and oxygen atoms in total. The van der Waals surface area contributed by atoms with Crippen molar-refractivity contribution in [2.45, 2.75) is 27.2 Å². The number of Topliss-reactive ketones (excluding diaryl/α,β-unsaturated/α-hetero) is 1. The van der Waals surface area contributed by atoms with Gasteiger partial charge in [0.15, 0.2) is 11.6 Å². The summed E-state index contributed by atoms with van der Waals surface area (Å²) >= 11 is 0. The number of carbonyl (C=O) groups excluding carboxylic acids is 2. The average Bonchev–Trinajstić information content (AvgIpc) is 2.46. The Balaban J connectivity index is 2.58. The molecule has 22 heavy (non-hydrogen) atoms. The lowest BCUT2D eigenvalue weighted by Gasteiger charge is -2.24. The smallest absolute Gasteiger partial charge is 0.162 e. The van der Waals surface area contributed by atoms with Gasteiger partial charge in [-0.05, 0) is 32.5 Å². The molecular formula is C18H30N2O2. The predicted octanol–water partition coefficient (Wildman–Crippen LogP) is 2.07. The number of likely N-dealkylation sites (N-methyl/N-ethyl adjacent to an activating group) is 1. The predicted molar refractivity (Wildman–Crippen MR) is 90.8 cm³/mol. The second-order valence-corrected chi connectivity index (χ2v) is 6.81. The molecule has 0 bridgehead atoms. The number of carbonyl (C=O) groups is 2. The van der Waals surface area contributed by atoms with E-state index in [4.69, 9.17) is 0 Å². The minimum absolute atomic E-state index is 0.0186. The first kappa shape index (κ1) is 18.8. The van der Waals surface area contributed by atoms with Crippen LogP contribution in [0, 0.1) is 17.8 Å². The number of ketones is 2. The number of hydrogen-bond acceptors (Lipinski definition) is 4. The summed E-state index contributed by atoms with van der Waals surface area (Å²) in [6, 6.07) is 0. The highest BCUT2D eigenvalue weighted by molar-refractivity contribution is 5.97. The molecule has 2 unspecified atom stereocenters. The van der Waals surface area contributed by atoms with Crippen molar-refractivity contribution in [1.29, 1.82) is 0 Å². The van der Waals surface area contributed by atoms with E-state index in [1.165, 1.54) is 0 Å². The minimum Gasteiger partial charge on any atom is -0.312 e. The SMILES string of the molecule is CC(C)C(=O)C1=CC(CC(C)C(=O)/C=C/CN(C)C)CNC1. The summed E-state index contributed by atoms with van der Waals surface area (Å²) in [5.74, 6) is 0.641. The van der Waals surface area contributed by atoms with Gasteiger partial charge in [0.25, 0.3) is 0 Å². The van der Waals surface area contributed by atoms with Gasteiger partial charge in [0.1, 0.15) is 0 Å². The number of nitrogens with one attached hydrogen (secondary N) is 1. The van der Waals surface area contributed by atoms with Gasteiger partial charge in [0.05, 0.1) is 0 Å². The highest BCUT2D eigenvalue weighted by Crippen LogP contribution is 2.20. The maximum Gasteiger partial charge on any atom is 0.162 e. The van der Waals surface area contributed by atoms with E-state index in [-0.39, 0.29) is 29.3 Å². The van der Waals surface area contributed by atoms with Gasteiger partial charge in [-0.1, -0.05) is 32.9 Å². The molecule has 0 aliphatic carbocycles. The van der Waals surface area contributed by atoms with Crippen LogP contribution in [0.5, 0.6) is 0 Å². The Morgan fingerprint density at radius 3 is 2.64 bits per heavy atom. The van der Waals surface area contributed by atoms with Crippen molar-refractivity contribution in [2.75, 3.05) is 33.7 Å². The Labute approximate surface area is 134 Å². The van der Waals surface area contributed by atoms with Gasteiger partial charge in [-0.15, -0.1) is 0 Å². The summed E-state index contributed by atoms with van der Waals surface area (Å²) in [4.78, 5) is 26.2. The van der Waals surface area contributed by atoms with Crippen LogP contribution in [0.1, 0.15) is 27.2 Å². The molecule has 1 heterocycles. The normalized spacial score (nSPS) is 20.5. The Morgan fingerprint density at radius 2 is 2.05 bits per heavy atom. The fraction of sp³-hybridized carbons (Fsp3) is 0.667. The molecule has 4 heteroatoms. The van der Waals surface area contributed by atoms with Crippen molar-refractivity contribution in [1.82, 2.24) is 10.2 Å². The first-order valence-electron chi connectivity index (χ1n) is 8.12. The lowest BCUT2D eigenvalue weighted by atomic mass is 9.87. The second kappa shape index (κ2) is 9.01. The van der Waals surface area contributed by atoms with Gasteiger partial charge in [-0.25, -0.2) is 0 Å². The maximum absolute atomic E-state index is 12.1. The molecule has 1 rings (SSSR count). The van der Waals surface area contributed by atoms with E-state index in [2.05, 4.69) is 11.4 Å². The zero-order chi connectivity index (χ0) is 16.7. The third-order valence-electron chi connectivity index (χ3n) is 3.89. The van der Waals surface area contributed by atoms with Crippen LogP contribution in [-0.4, -0.2) is 50.2 Å². The summed E-state index contributed by atoms with van der Waals surface area (Å²) in [6.07, 6.45) is 6.45. The van der Waals surface area contributed by atoms with E-state index in [1.807, 2.05) is 45.8 Å². The summed E-state index contributed by atoms with van der Waals surface area (Å²) in [5, 5.41) is 3.30. The summed E-state index contributed by atoms with van der Waals surface area (Å²) in [6.45, 7) is 8.08. The number of allylic oxidation sites excluding steroid dienone is 1. The quantitative estimate of drug-likeness (QED) is 0.698. The molecule has 124 valence electrons. The monoisotopic (exact) mass is 306 g/mol. The molecule has 2 atom stereocenters. The molecule has 1 aliphatic heterocycles. The summed E-state index contributed by atoms with van der Waals surface area (Å²) in [5.41, 5.74) is 0.869. The Kier molecular flexibility index (Phi) is 7.69. The van der Waals surface area contributed by atoms with Crippen LogP contribution >= 0.6 is 0 Å². The van der Waals surface area contributed by atoms with Crippen LogP contribution in [0.3, 0.4) is 0 Å². The highest BCUT2D eigenvalue weighted by atomic mass is 16.1. The van der Waals surface area contributed by atoms with Crippen LogP contribution < -0.4 is 5.32 Å². The fourth-order valence-corrected chi connectivity index (χ4v) is 2.60. The van der Waals surface area contributed by atoms with Crippen molar-refractivity contribution in [2.24, 2.45) is 17.8 Å². The van der Waals surface area contributed by atoms with Crippen molar-refractivity contribution in [3.8, 4) is 0 Å². The zero-order valence-corrected chi connectivity index (χ0v) is 14.6. The third-order valence-corrected chi connectivity index (χ3v) is 3.89. The zero-order valence-electron chi connectivity index (χ0n) is 14.6. The van der Waals surface area contributed by atoms with E-state index in [0.717, 1.165) is 25.1 Å². The molecule has 0 spiro atoms. The van der Waals surface area contributed by atoms with Gasteiger partial charge in [-0.3, -0.25) is 9.59 Å². The van der Waals surface area contributed by atoms with Crippen LogP contribution in [0.25, 0.3) is 0 Å². The van der Waals surface area contributed by atoms with Crippen LogP contribution in [0.15, 0.2) is 23.8 Å².